The lowest BCUT2D eigenvalue weighted by atomic mass is 10.1. The van der Waals surface area contributed by atoms with Crippen LogP contribution in [-0.2, 0) is 18.4 Å². The molecule has 2 aromatic carbocycles. The van der Waals surface area contributed by atoms with E-state index in [1.165, 1.54) is 0 Å². The molecule has 21 heavy (non-hydrogen) atoms. The van der Waals surface area contributed by atoms with E-state index in [2.05, 4.69) is 15.9 Å². The normalized spacial score (nSPS) is 12.9. The molecule has 5 heteroatoms. The Balaban J connectivity index is 1.86. The van der Waals surface area contributed by atoms with Crippen molar-refractivity contribution in [2.75, 3.05) is 6.61 Å². The van der Waals surface area contributed by atoms with Crippen LogP contribution in [0.25, 0.3) is 0 Å². The number of hydrogen-bond donors (Lipinski definition) is 0. The van der Waals surface area contributed by atoms with E-state index in [-0.39, 0.29) is 0 Å². The van der Waals surface area contributed by atoms with Gasteiger partial charge in [0.05, 0.1) is 11.6 Å². The fourth-order valence-corrected chi connectivity index (χ4v) is 3.38. The second-order valence-electron chi connectivity index (χ2n) is 4.80. The Morgan fingerprint density at radius 2 is 2.05 bits per heavy atom. The van der Waals surface area contributed by atoms with Crippen LogP contribution in [0.15, 0.2) is 30.3 Å². The van der Waals surface area contributed by atoms with Crippen LogP contribution in [0.5, 0.6) is 11.5 Å². The van der Waals surface area contributed by atoms with Crippen LogP contribution in [-0.4, -0.2) is 6.61 Å². The Kier molecular flexibility index (Phi) is 4.63. The second kappa shape index (κ2) is 6.47. The van der Waals surface area contributed by atoms with Gasteiger partial charge in [-0.1, -0.05) is 51.3 Å². The zero-order valence-corrected chi connectivity index (χ0v) is 14.3. The van der Waals surface area contributed by atoms with Crippen molar-refractivity contribution in [2.24, 2.45) is 0 Å². The van der Waals surface area contributed by atoms with Crippen molar-refractivity contribution in [2.45, 2.75) is 18.4 Å². The molecule has 1 aliphatic rings. The van der Waals surface area contributed by atoms with Crippen LogP contribution in [0.2, 0.25) is 10.0 Å². The molecule has 0 fully saturated rings. The largest absolute Gasteiger partial charge is 0.493 e. The van der Waals surface area contributed by atoms with Gasteiger partial charge in [-0.15, -0.1) is 0 Å². The van der Waals surface area contributed by atoms with E-state index in [0.717, 1.165) is 28.9 Å². The summed E-state index contributed by atoms with van der Waals surface area (Å²) in [5.41, 5.74) is 3.11. The monoisotopic (exact) mass is 386 g/mol. The molecular weight excluding hydrogens is 375 g/mol. The van der Waals surface area contributed by atoms with E-state index in [0.29, 0.717) is 34.3 Å². The Hall–Kier alpha value is -0.900. The molecule has 0 amide bonds. The summed E-state index contributed by atoms with van der Waals surface area (Å²) in [5.74, 6) is 1.59. The van der Waals surface area contributed by atoms with Crippen molar-refractivity contribution in [3.05, 3.63) is 57.1 Å². The van der Waals surface area contributed by atoms with Gasteiger partial charge in [0, 0.05) is 27.9 Å². The summed E-state index contributed by atoms with van der Waals surface area (Å²) in [6, 6.07) is 9.55. The minimum atomic E-state index is 0.382. The highest BCUT2D eigenvalue weighted by Crippen LogP contribution is 2.35. The van der Waals surface area contributed by atoms with Crippen LogP contribution in [0.1, 0.15) is 16.7 Å². The number of fused-ring (bicyclic) bond motifs is 1. The van der Waals surface area contributed by atoms with E-state index in [1.54, 1.807) is 0 Å². The van der Waals surface area contributed by atoms with Gasteiger partial charge >= 0.3 is 0 Å². The third-order valence-electron chi connectivity index (χ3n) is 3.39. The fourth-order valence-electron chi connectivity index (χ4n) is 2.42. The Morgan fingerprint density at radius 3 is 2.86 bits per heavy atom. The minimum absolute atomic E-state index is 0.382. The van der Waals surface area contributed by atoms with Crippen LogP contribution >= 0.6 is 39.1 Å². The first-order chi connectivity index (χ1) is 10.2. The number of hydrogen-bond acceptors (Lipinski definition) is 2. The predicted molar refractivity (Wildman–Crippen MR) is 89.1 cm³/mol. The molecule has 0 radical (unpaired) electrons. The molecule has 0 N–H and O–H groups in total. The summed E-state index contributed by atoms with van der Waals surface area (Å²) < 4.78 is 11.6. The number of ether oxygens (including phenoxy) is 2. The van der Waals surface area contributed by atoms with E-state index < -0.39 is 0 Å². The van der Waals surface area contributed by atoms with Gasteiger partial charge in [-0.05, 0) is 23.8 Å². The highest BCUT2D eigenvalue weighted by atomic mass is 79.9. The second-order valence-corrected chi connectivity index (χ2v) is 6.21. The average Bonchev–Trinajstić information content (AvgIpc) is 2.93. The van der Waals surface area contributed by atoms with Crippen LogP contribution in [0.3, 0.4) is 0 Å². The SMILES string of the molecule is Clc1cc2c(c(COc3c(Cl)cccc3CBr)c1)OCC2. The van der Waals surface area contributed by atoms with Crippen molar-refractivity contribution in [1.29, 1.82) is 0 Å². The molecule has 0 aliphatic carbocycles. The summed E-state index contributed by atoms with van der Waals surface area (Å²) in [6.07, 6.45) is 0.891. The van der Waals surface area contributed by atoms with Gasteiger partial charge in [0.1, 0.15) is 18.1 Å². The third kappa shape index (κ3) is 3.15. The minimum Gasteiger partial charge on any atom is -0.493 e. The lowest BCUT2D eigenvalue weighted by Gasteiger charge is -2.14. The Bertz CT molecular complexity index is 674. The van der Waals surface area contributed by atoms with Gasteiger partial charge in [0.15, 0.2) is 0 Å². The third-order valence-corrected chi connectivity index (χ3v) is 4.51. The molecule has 0 saturated carbocycles. The van der Waals surface area contributed by atoms with Crippen LogP contribution < -0.4 is 9.47 Å². The molecule has 1 heterocycles. The first-order valence-electron chi connectivity index (χ1n) is 6.59. The molecule has 0 aromatic heterocycles. The smallest absolute Gasteiger partial charge is 0.142 e. The number of para-hydroxylation sites is 1. The number of alkyl halides is 1. The maximum absolute atomic E-state index is 6.22. The summed E-state index contributed by atoms with van der Waals surface area (Å²) in [6.45, 7) is 1.08. The van der Waals surface area contributed by atoms with Crippen molar-refractivity contribution in [3.8, 4) is 11.5 Å². The molecule has 0 bridgehead atoms. The lowest BCUT2D eigenvalue weighted by Crippen LogP contribution is -2.01. The highest BCUT2D eigenvalue weighted by Gasteiger charge is 2.18. The van der Waals surface area contributed by atoms with Crippen molar-refractivity contribution < 1.29 is 9.47 Å². The van der Waals surface area contributed by atoms with E-state index in [1.807, 2.05) is 30.3 Å². The summed E-state index contributed by atoms with van der Waals surface area (Å²) in [5, 5.41) is 2.00. The molecule has 1 aliphatic heterocycles. The first kappa shape index (κ1) is 15.0. The molecule has 0 atom stereocenters. The van der Waals surface area contributed by atoms with Gasteiger partial charge in [-0.25, -0.2) is 0 Å². The Morgan fingerprint density at radius 1 is 1.19 bits per heavy atom. The summed E-state index contributed by atoms with van der Waals surface area (Å²) in [7, 11) is 0. The number of benzene rings is 2. The topological polar surface area (TPSA) is 18.5 Å². The molecule has 2 aromatic rings. The lowest BCUT2D eigenvalue weighted by molar-refractivity contribution is 0.290. The molecule has 0 spiro atoms. The number of rotatable bonds is 4. The first-order valence-corrected chi connectivity index (χ1v) is 8.47. The quantitative estimate of drug-likeness (QED) is 0.653. The molecule has 3 rings (SSSR count). The van der Waals surface area contributed by atoms with E-state index in [9.17, 15) is 0 Å². The maximum Gasteiger partial charge on any atom is 0.142 e. The van der Waals surface area contributed by atoms with Crippen LogP contribution in [0, 0.1) is 0 Å². The van der Waals surface area contributed by atoms with Crippen molar-refractivity contribution in [1.82, 2.24) is 0 Å². The van der Waals surface area contributed by atoms with Gasteiger partial charge in [-0.3, -0.25) is 0 Å². The molecular formula is C16H13BrCl2O2. The van der Waals surface area contributed by atoms with Gasteiger partial charge in [0.2, 0.25) is 0 Å². The van der Waals surface area contributed by atoms with Gasteiger partial charge < -0.3 is 9.47 Å². The standard InChI is InChI=1S/C16H13BrCl2O2/c17-8-11-2-1-3-14(19)16(11)21-9-12-7-13(18)6-10-4-5-20-15(10)12/h1-3,6-7H,4-5,8-9H2. The summed E-state index contributed by atoms with van der Waals surface area (Å²) >= 11 is 15.8. The Labute approximate surface area is 142 Å². The highest BCUT2D eigenvalue weighted by molar-refractivity contribution is 9.08. The predicted octanol–water partition coefficient (Wildman–Crippen LogP) is 5.40. The average molecular weight is 388 g/mol. The van der Waals surface area contributed by atoms with Gasteiger partial charge in [0.25, 0.3) is 0 Å². The molecule has 0 unspecified atom stereocenters. The molecule has 0 saturated heterocycles. The van der Waals surface area contributed by atoms with Gasteiger partial charge in [-0.2, -0.15) is 0 Å². The molecule has 110 valence electrons. The zero-order chi connectivity index (χ0) is 14.8. The van der Waals surface area contributed by atoms with E-state index >= 15 is 0 Å². The zero-order valence-electron chi connectivity index (χ0n) is 11.2. The van der Waals surface area contributed by atoms with Crippen LogP contribution in [0.4, 0.5) is 0 Å². The fraction of sp³-hybridized carbons (Fsp3) is 0.250. The summed E-state index contributed by atoms with van der Waals surface area (Å²) in [4.78, 5) is 0. The van der Waals surface area contributed by atoms with Crippen molar-refractivity contribution >= 4 is 39.1 Å². The van der Waals surface area contributed by atoms with E-state index in [4.69, 9.17) is 32.7 Å². The molecule has 2 nitrogen and oxygen atoms in total. The maximum atomic E-state index is 6.22. The number of halogens is 3. The van der Waals surface area contributed by atoms with Crippen molar-refractivity contribution in [3.63, 3.8) is 0 Å².